The molecule has 2 heterocycles. The van der Waals surface area contributed by atoms with Crippen LogP contribution in [0.1, 0.15) is 10.4 Å². The highest BCUT2D eigenvalue weighted by atomic mass is 19.1. The van der Waals surface area contributed by atoms with Crippen LogP contribution >= 0.6 is 0 Å². The zero-order chi connectivity index (χ0) is 22.0. The summed E-state index contributed by atoms with van der Waals surface area (Å²) in [4.78, 5) is 32.7. The van der Waals surface area contributed by atoms with Crippen LogP contribution in [0, 0.1) is 11.6 Å². The molecule has 31 heavy (non-hydrogen) atoms. The van der Waals surface area contributed by atoms with Gasteiger partial charge in [-0.15, -0.1) is 0 Å². The number of benzene rings is 2. The van der Waals surface area contributed by atoms with Gasteiger partial charge < -0.3 is 19.8 Å². The largest absolute Gasteiger partial charge is 0.463 e. The molecule has 0 radical (unpaired) electrons. The van der Waals surface area contributed by atoms with Gasteiger partial charge in [0.1, 0.15) is 17.1 Å². The minimum Gasteiger partial charge on any atom is -0.463 e. The van der Waals surface area contributed by atoms with E-state index in [-0.39, 0.29) is 33.9 Å². The van der Waals surface area contributed by atoms with Gasteiger partial charge in [0.05, 0.1) is 5.69 Å². The van der Waals surface area contributed by atoms with Gasteiger partial charge in [-0.25, -0.2) is 22.9 Å². The summed E-state index contributed by atoms with van der Waals surface area (Å²) in [5.41, 5.74) is -0.450. The van der Waals surface area contributed by atoms with E-state index in [9.17, 15) is 22.8 Å². The number of nitrogens with zero attached hydrogens (tertiary/aromatic N) is 1. The van der Waals surface area contributed by atoms with Gasteiger partial charge in [-0.05, 0) is 18.2 Å². The second kappa shape index (κ2) is 8.22. The van der Waals surface area contributed by atoms with E-state index in [4.69, 9.17) is 4.74 Å². The molecule has 0 fully saturated rings. The number of rotatable bonds is 6. The molecule has 4 aromatic rings. The number of pyridine rings is 1. The number of carbonyl (C=O) groups is 1. The number of nitrogens with one attached hydrogen (secondary N) is 3. The molecule has 0 atom stereocenters. The van der Waals surface area contributed by atoms with E-state index < -0.39 is 35.8 Å². The molecular weight excluding hydrogens is 417 g/mol. The molecule has 8 nitrogen and oxygen atoms in total. The predicted octanol–water partition coefficient (Wildman–Crippen LogP) is 3.88. The topological polar surface area (TPSA) is 109 Å². The van der Waals surface area contributed by atoms with E-state index >= 15 is 0 Å². The van der Waals surface area contributed by atoms with Crippen LogP contribution in [-0.2, 0) is 0 Å². The maximum absolute atomic E-state index is 14.3. The van der Waals surface area contributed by atoms with Crippen molar-refractivity contribution >= 4 is 22.8 Å². The predicted molar refractivity (Wildman–Crippen MR) is 104 cm³/mol. The Bertz CT molecular complexity index is 1340. The summed E-state index contributed by atoms with van der Waals surface area (Å²) in [6.45, 7) is -1.08. The van der Waals surface area contributed by atoms with Crippen molar-refractivity contribution < 1.29 is 27.4 Å². The number of aromatic amines is 2. The van der Waals surface area contributed by atoms with Crippen LogP contribution in [0.2, 0.25) is 0 Å². The highest BCUT2D eigenvalue weighted by Crippen LogP contribution is 2.32. The molecule has 3 N–H and O–H groups in total. The molecule has 0 unspecified atom stereocenters. The fourth-order valence-electron chi connectivity index (χ4n) is 2.80. The molecule has 0 aliphatic heterocycles. The minimum absolute atomic E-state index is 0.0576. The lowest BCUT2D eigenvalue weighted by Gasteiger charge is -2.12. The molecule has 2 aromatic carbocycles. The third kappa shape index (κ3) is 4.20. The van der Waals surface area contributed by atoms with Crippen molar-refractivity contribution in [1.82, 2.24) is 15.0 Å². The summed E-state index contributed by atoms with van der Waals surface area (Å²) in [6.07, 6.45) is 1.33. The van der Waals surface area contributed by atoms with Crippen molar-refractivity contribution in [3.63, 3.8) is 0 Å². The molecule has 1 amide bonds. The molecule has 0 saturated heterocycles. The number of hydrogen-bond acceptors (Lipinski definition) is 5. The van der Waals surface area contributed by atoms with Crippen LogP contribution in [0.25, 0.3) is 11.2 Å². The number of fused-ring (bicyclic) bond motifs is 1. The number of aromatic nitrogens is 3. The van der Waals surface area contributed by atoms with Crippen molar-refractivity contribution in [3.05, 3.63) is 76.3 Å². The molecule has 158 valence electrons. The van der Waals surface area contributed by atoms with Crippen molar-refractivity contribution in [1.29, 1.82) is 0 Å². The molecule has 2 aromatic heterocycles. The summed E-state index contributed by atoms with van der Waals surface area (Å²) in [5, 5.41) is 2.30. The summed E-state index contributed by atoms with van der Waals surface area (Å²) in [6, 6.07) is 8.47. The van der Waals surface area contributed by atoms with Gasteiger partial charge in [-0.2, -0.15) is 0 Å². The number of carbonyl (C=O) groups excluding carboxylic acids is 1. The normalized spacial score (nSPS) is 10.8. The van der Waals surface area contributed by atoms with Crippen LogP contribution in [0.3, 0.4) is 0 Å². The number of imidazole rings is 1. The number of alkyl halides is 1. The third-order valence-corrected chi connectivity index (χ3v) is 4.19. The lowest BCUT2D eigenvalue weighted by Crippen LogP contribution is -2.13. The zero-order valence-corrected chi connectivity index (χ0v) is 15.5. The van der Waals surface area contributed by atoms with Crippen molar-refractivity contribution in [2.75, 3.05) is 12.2 Å². The van der Waals surface area contributed by atoms with Gasteiger partial charge in [0, 0.05) is 30.0 Å². The van der Waals surface area contributed by atoms with Gasteiger partial charge >= 0.3 is 5.69 Å². The Morgan fingerprint density at radius 2 is 1.90 bits per heavy atom. The zero-order valence-electron chi connectivity index (χ0n) is 15.5. The molecule has 0 aliphatic carbocycles. The molecule has 0 bridgehead atoms. The number of ether oxygens (including phenoxy) is 2. The summed E-state index contributed by atoms with van der Waals surface area (Å²) < 4.78 is 51.0. The SMILES string of the molecule is O=C(Nc1cc(Oc2ccnc3[nH]c(=O)[nH]c23)c(F)cc1F)c1cccc(OCF)c1. The first kappa shape index (κ1) is 20.0. The molecule has 0 spiro atoms. The van der Waals surface area contributed by atoms with Crippen molar-refractivity contribution in [2.24, 2.45) is 0 Å². The van der Waals surface area contributed by atoms with Crippen molar-refractivity contribution in [3.8, 4) is 17.2 Å². The highest BCUT2D eigenvalue weighted by Gasteiger charge is 2.17. The van der Waals surface area contributed by atoms with Crippen LogP contribution in [0.4, 0.5) is 18.9 Å². The van der Waals surface area contributed by atoms with E-state index in [2.05, 4.69) is 25.0 Å². The van der Waals surface area contributed by atoms with Crippen LogP contribution in [-0.4, -0.2) is 27.7 Å². The van der Waals surface area contributed by atoms with Gasteiger partial charge in [0.15, 0.2) is 23.0 Å². The monoisotopic (exact) mass is 430 g/mol. The maximum Gasteiger partial charge on any atom is 0.325 e. The average molecular weight is 430 g/mol. The standard InChI is InChI=1S/C20H13F3N4O4/c21-9-30-11-3-1-2-10(6-11)19(28)25-14-8-16(13(23)7-12(14)22)31-15-4-5-24-18-17(15)26-20(29)27-18/h1-8H,9H2,(H,25,28)(H2,24,26,27,29). The number of hydrogen-bond donors (Lipinski definition) is 3. The Balaban J connectivity index is 1.63. The van der Waals surface area contributed by atoms with E-state index in [0.29, 0.717) is 6.07 Å². The maximum atomic E-state index is 14.3. The average Bonchev–Trinajstić information content (AvgIpc) is 3.13. The number of H-pyrrole nitrogens is 2. The Hall–Kier alpha value is -4.28. The smallest absolute Gasteiger partial charge is 0.325 e. The second-order valence-corrected chi connectivity index (χ2v) is 6.21. The van der Waals surface area contributed by atoms with E-state index in [0.717, 1.165) is 6.07 Å². The van der Waals surface area contributed by atoms with Gasteiger partial charge in [0.25, 0.3) is 5.91 Å². The molecule has 11 heteroatoms. The Morgan fingerprint density at radius 1 is 1.06 bits per heavy atom. The summed E-state index contributed by atoms with van der Waals surface area (Å²) >= 11 is 0. The summed E-state index contributed by atoms with van der Waals surface area (Å²) in [5.74, 6) is -3.04. The fraction of sp³-hybridized carbons (Fsp3) is 0.0500. The van der Waals surface area contributed by atoms with Crippen LogP contribution in [0.15, 0.2) is 53.5 Å². The first-order valence-electron chi connectivity index (χ1n) is 8.78. The molecular formula is C20H13F3N4O4. The first-order valence-corrected chi connectivity index (χ1v) is 8.78. The van der Waals surface area contributed by atoms with Gasteiger partial charge in [-0.1, -0.05) is 6.07 Å². The third-order valence-electron chi connectivity index (χ3n) is 4.19. The van der Waals surface area contributed by atoms with Crippen LogP contribution < -0.4 is 20.5 Å². The minimum atomic E-state index is -1.08. The highest BCUT2D eigenvalue weighted by molar-refractivity contribution is 6.04. The van der Waals surface area contributed by atoms with Gasteiger partial charge in [0.2, 0.25) is 6.86 Å². The van der Waals surface area contributed by atoms with Gasteiger partial charge in [-0.3, -0.25) is 9.78 Å². The lowest BCUT2D eigenvalue weighted by atomic mass is 10.2. The van der Waals surface area contributed by atoms with E-state index in [1.165, 1.54) is 36.5 Å². The Labute approximate surface area is 171 Å². The second-order valence-electron chi connectivity index (χ2n) is 6.21. The Kier molecular flexibility index (Phi) is 5.31. The Morgan fingerprint density at radius 3 is 2.71 bits per heavy atom. The summed E-state index contributed by atoms with van der Waals surface area (Å²) in [7, 11) is 0. The quantitative estimate of drug-likeness (QED) is 0.430. The van der Waals surface area contributed by atoms with E-state index in [1.807, 2.05) is 0 Å². The fourth-order valence-corrected chi connectivity index (χ4v) is 2.80. The number of halogens is 3. The lowest BCUT2D eigenvalue weighted by molar-refractivity contribution is 0.102. The molecule has 0 aliphatic rings. The first-order chi connectivity index (χ1) is 14.9. The number of anilines is 1. The van der Waals surface area contributed by atoms with Crippen molar-refractivity contribution in [2.45, 2.75) is 0 Å². The molecule has 0 saturated carbocycles. The van der Waals surface area contributed by atoms with Crippen LogP contribution in [0.5, 0.6) is 17.2 Å². The number of amides is 1. The van der Waals surface area contributed by atoms with E-state index in [1.54, 1.807) is 0 Å². The molecule has 4 rings (SSSR count).